The quantitative estimate of drug-likeness (QED) is 0.435. The van der Waals surface area contributed by atoms with E-state index in [1.54, 1.807) is 0 Å². The van der Waals surface area contributed by atoms with E-state index in [1.165, 1.54) is 7.11 Å². The van der Waals surface area contributed by atoms with E-state index in [4.69, 9.17) is 0 Å². The van der Waals surface area contributed by atoms with Crippen molar-refractivity contribution in [1.29, 1.82) is 0 Å². The molecule has 0 aliphatic carbocycles. The van der Waals surface area contributed by atoms with Crippen LogP contribution in [0.5, 0.6) is 0 Å². The summed E-state index contributed by atoms with van der Waals surface area (Å²) in [4.78, 5) is 21.8. The second-order valence-corrected chi connectivity index (χ2v) is 3.01. The molecule has 0 aromatic rings. The summed E-state index contributed by atoms with van der Waals surface area (Å²) in [6.07, 6.45) is 0.140. The maximum absolute atomic E-state index is 10.9. The highest BCUT2D eigenvalue weighted by molar-refractivity contribution is 9.09. The molecule has 2 atom stereocenters. The third-order valence-electron chi connectivity index (χ3n) is 1.27. The minimum Gasteiger partial charge on any atom is -0.468 e. The summed E-state index contributed by atoms with van der Waals surface area (Å²) in [7, 11) is 3.47. The number of nitrogens with one attached hydrogen (secondary N) is 1. The molecule has 12 heavy (non-hydrogen) atoms. The lowest BCUT2D eigenvalue weighted by Crippen LogP contribution is -2.34. The van der Waals surface area contributed by atoms with Crippen molar-refractivity contribution in [3.05, 3.63) is 0 Å². The van der Waals surface area contributed by atoms with Crippen molar-refractivity contribution < 1.29 is 14.3 Å². The monoisotopic (exact) mass is 255 g/mol. The van der Waals surface area contributed by atoms with Gasteiger partial charge in [0.05, 0.1) is 12.4 Å². The van der Waals surface area contributed by atoms with Gasteiger partial charge in [0, 0.05) is 6.42 Å². The van der Waals surface area contributed by atoms with Crippen molar-refractivity contribution in [2.75, 3.05) is 12.4 Å². The lowest BCUT2D eigenvalue weighted by Gasteiger charge is -2.11. The molecule has 0 bridgehead atoms. The third kappa shape index (κ3) is 4.14. The van der Waals surface area contributed by atoms with E-state index in [0.29, 0.717) is 0 Å². The van der Waals surface area contributed by atoms with Crippen molar-refractivity contribution in [3.63, 3.8) is 0 Å². The number of alkyl halides is 1. The Morgan fingerprint density at radius 2 is 2.25 bits per heavy atom. The Morgan fingerprint density at radius 1 is 1.67 bits per heavy atom. The Morgan fingerprint density at radius 3 is 2.58 bits per heavy atom. The van der Waals surface area contributed by atoms with Gasteiger partial charge in [0.1, 0.15) is 11.8 Å². The number of methoxy groups -OCH3 is 1. The highest BCUT2D eigenvalue weighted by Gasteiger charge is 2.19. The maximum Gasteiger partial charge on any atom is 0.323 e. The Balaban J connectivity index is 3.99. The largest absolute Gasteiger partial charge is 0.468 e. The molecule has 0 aliphatic heterocycles. The molecule has 0 spiro atoms. The van der Waals surface area contributed by atoms with Crippen LogP contribution in [0.2, 0.25) is 0 Å². The molecule has 0 radical (unpaired) electrons. The second kappa shape index (κ2) is 6.52. The minimum atomic E-state index is -0.565. The summed E-state index contributed by atoms with van der Waals surface area (Å²) in [5.74, 6) is -0.473. The van der Waals surface area contributed by atoms with Gasteiger partial charge < -0.3 is 4.74 Å². The van der Waals surface area contributed by atoms with Gasteiger partial charge in [-0.1, -0.05) is 25.3 Å². The van der Waals surface area contributed by atoms with E-state index in [-0.39, 0.29) is 17.5 Å². The number of carbonyl (C=O) groups excluding carboxylic acids is 2. The number of halogens is 1. The predicted octanol–water partition coefficient (Wildman–Crippen LogP) is 0.262. The topological polar surface area (TPSA) is 55.4 Å². The van der Waals surface area contributed by atoms with Crippen molar-refractivity contribution >= 4 is 37.1 Å². The standard InChI is InChI=1S/C6H11BrNO3P/c1-11-6(10)5(8-12)2-4(9)3-7/h5,8H,2-3,12H2,1H3. The van der Waals surface area contributed by atoms with Crippen LogP contribution >= 0.6 is 25.3 Å². The SMILES string of the molecule is COC(=O)C(CC(=O)CBr)NP. The Kier molecular flexibility index (Phi) is 6.52. The first-order valence-electron chi connectivity index (χ1n) is 3.27. The van der Waals surface area contributed by atoms with Crippen molar-refractivity contribution in [1.82, 2.24) is 5.09 Å². The van der Waals surface area contributed by atoms with Gasteiger partial charge in [0.15, 0.2) is 0 Å². The van der Waals surface area contributed by atoms with Gasteiger partial charge in [-0.2, -0.15) is 0 Å². The zero-order chi connectivity index (χ0) is 9.56. The molecular weight excluding hydrogens is 245 g/mol. The summed E-state index contributed by atoms with van der Waals surface area (Å²) < 4.78 is 4.47. The number of hydrogen-bond donors (Lipinski definition) is 1. The number of Topliss-reactive ketones (excluding diaryl/α,β-unsaturated/α-hetero) is 1. The third-order valence-corrected chi connectivity index (χ3v) is 2.30. The molecule has 1 N–H and O–H groups in total. The first-order chi connectivity index (χ1) is 5.65. The summed E-state index contributed by atoms with van der Waals surface area (Å²) in [6, 6.07) is -0.565. The van der Waals surface area contributed by atoms with Gasteiger partial charge in [-0.3, -0.25) is 14.7 Å². The number of ketones is 1. The lowest BCUT2D eigenvalue weighted by atomic mass is 10.2. The van der Waals surface area contributed by atoms with Crippen LogP contribution in [0.4, 0.5) is 0 Å². The lowest BCUT2D eigenvalue weighted by molar-refractivity contribution is -0.143. The summed E-state index contributed by atoms with van der Waals surface area (Å²) in [5, 5.41) is 2.88. The van der Waals surface area contributed by atoms with Crippen LogP contribution in [0, 0.1) is 0 Å². The van der Waals surface area contributed by atoms with Crippen LogP contribution in [0.15, 0.2) is 0 Å². The number of esters is 1. The highest BCUT2D eigenvalue weighted by Crippen LogP contribution is 2.00. The molecule has 6 heteroatoms. The van der Waals surface area contributed by atoms with Gasteiger partial charge in [-0.05, 0) is 0 Å². The Labute approximate surface area is 81.8 Å². The average molecular weight is 256 g/mol. The van der Waals surface area contributed by atoms with E-state index in [0.717, 1.165) is 0 Å². The van der Waals surface area contributed by atoms with E-state index in [1.807, 2.05) is 0 Å². The predicted molar refractivity (Wildman–Crippen MR) is 52.1 cm³/mol. The fraction of sp³-hybridized carbons (Fsp3) is 0.667. The molecule has 70 valence electrons. The number of rotatable bonds is 5. The van der Waals surface area contributed by atoms with E-state index < -0.39 is 12.0 Å². The summed E-state index contributed by atoms with van der Waals surface area (Å²) in [6.45, 7) is 0. The van der Waals surface area contributed by atoms with Gasteiger partial charge in [0.25, 0.3) is 0 Å². The molecule has 4 nitrogen and oxygen atoms in total. The zero-order valence-corrected chi connectivity index (χ0v) is 9.41. The average Bonchev–Trinajstić information content (AvgIpc) is 2.12. The van der Waals surface area contributed by atoms with Crippen LogP contribution < -0.4 is 5.09 Å². The molecule has 0 saturated carbocycles. The minimum absolute atomic E-state index is 0.0413. The zero-order valence-electron chi connectivity index (χ0n) is 6.67. The number of hydrogen-bond acceptors (Lipinski definition) is 4. The number of carbonyl (C=O) groups is 2. The molecule has 0 aromatic heterocycles. The molecule has 0 rings (SSSR count). The molecule has 0 heterocycles. The van der Waals surface area contributed by atoms with Gasteiger partial charge in [0.2, 0.25) is 0 Å². The molecule has 0 amide bonds. The van der Waals surface area contributed by atoms with Crippen LogP contribution in [-0.2, 0) is 14.3 Å². The normalized spacial score (nSPS) is 12.2. The fourth-order valence-electron chi connectivity index (χ4n) is 0.635. The number of ether oxygens (including phenoxy) is 1. The van der Waals surface area contributed by atoms with Crippen LogP contribution in [0.1, 0.15) is 6.42 Å². The van der Waals surface area contributed by atoms with Gasteiger partial charge in [-0.25, -0.2) is 0 Å². The van der Waals surface area contributed by atoms with Crippen molar-refractivity contribution in [2.24, 2.45) is 0 Å². The van der Waals surface area contributed by atoms with Crippen LogP contribution in [0.25, 0.3) is 0 Å². The van der Waals surface area contributed by atoms with E-state index in [2.05, 4.69) is 35.1 Å². The first-order valence-corrected chi connectivity index (χ1v) is 4.97. The Bertz CT molecular complexity index is 176. The van der Waals surface area contributed by atoms with Crippen LogP contribution in [-0.4, -0.2) is 30.2 Å². The van der Waals surface area contributed by atoms with Crippen molar-refractivity contribution in [3.8, 4) is 0 Å². The van der Waals surface area contributed by atoms with E-state index in [9.17, 15) is 9.59 Å². The van der Waals surface area contributed by atoms with Gasteiger partial charge >= 0.3 is 5.97 Å². The molecule has 0 aromatic carbocycles. The maximum atomic E-state index is 10.9. The molecule has 0 saturated heterocycles. The molecule has 2 unspecified atom stereocenters. The molecule has 0 fully saturated rings. The Hall–Kier alpha value is 0.01000. The van der Waals surface area contributed by atoms with E-state index >= 15 is 0 Å². The second-order valence-electron chi connectivity index (χ2n) is 2.12. The molecule has 0 aliphatic rings. The van der Waals surface area contributed by atoms with Gasteiger partial charge in [-0.15, -0.1) is 0 Å². The summed E-state index contributed by atoms with van der Waals surface area (Å²) in [5.41, 5.74) is 0. The first kappa shape index (κ1) is 12.0. The smallest absolute Gasteiger partial charge is 0.323 e. The highest BCUT2D eigenvalue weighted by atomic mass is 79.9. The van der Waals surface area contributed by atoms with Crippen LogP contribution in [0.3, 0.4) is 0 Å². The van der Waals surface area contributed by atoms with Crippen molar-refractivity contribution in [2.45, 2.75) is 12.5 Å². The molecular formula is C6H11BrNO3P. The fourth-order valence-corrected chi connectivity index (χ4v) is 1.12. The summed E-state index contributed by atoms with van der Waals surface area (Å²) >= 11 is 3.01.